The Morgan fingerprint density at radius 2 is 2.19 bits per heavy atom. The number of carbonyl (C=O) groups is 2. The van der Waals surface area contributed by atoms with E-state index in [1.54, 1.807) is 0 Å². The van der Waals surface area contributed by atoms with Crippen LogP contribution in [-0.4, -0.2) is 43.9 Å². The van der Waals surface area contributed by atoms with Gasteiger partial charge in [0.15, 0.2) is 0 Å². The molecule has 2 rings (SSSR count). The molecule has 21 heavy (non-hydrogen) atoms. The van der Waals surface area contributed by atoms with Crippen LogP contribution in [0.25, 0.3) is 0 Å². The predicted molar refractivity (Wildman–Crippen MR) is 70.0 cm³/mol. The van der Waals surface area contributed by atoms with Gasteiger partial charge in [0.1, 0.15) is 11.1 Å². The van der Waals surface area contributed by atoms with Gasteiger partial charge in [-0.25, -0.2) is 4.79 Å². The zero-order valence-electron chi connectivity index (χ0n) is 11.2. The lowest BCUT2D eigenvalue weighted by molar-refractivity contribution is -0.385. The lowest BCUT2D eigenvalue weighted by Gasteiger charge is -2.30. The van der Waals surface area contributed by atoms with Crippen molar-refractivity contribution in [3.8, 4) is 0 Å². The highest BCUT2D eigenvalue weighted by molar-refractivity contribution is 5.98. The summed E-state index contributed by atoms with van der Waals surface area (Å²) in [4.78, 5) is 48.6. The summed E-state index contributed by atoms with van der Waals surface area (Å²) < 4.78 is 0. The van der Waals surface area contributed by atoms with Crippen LogP contribution in [0.4, 0.5) is 5.69 Å². The third-order valence-electron chi connectivity index (χ3n) is 3.68. The number of aromatic nitrogens is 1. The van der Waals surface area contributed by atoms with E-state index in [2.05, 4.69) is 4.98 Å². The monoisotopic (exact) mass is 295 g/mol. The zero-order valence-corrected chi connectivity index (χ0v) is 11.2. The number of H-pyrrole nitrogens is 1. The molecule has 9 heteroatoms. The lowest BCUT2D eigenvalue weighted by Crippen LogP contribution is -2.51. The molecule has 2 heterocycles. The van der Waals surface area contributed by atoms with Crippen molar-refractivity contribution in [3.63, 3.8) is 0 Å². The average molecular weight is 295 g/mol. The van der Waals surface area contributed by atoms with Gasteiger partial charge < -0.3 is 15.0 Å². The van der Waals surface area contributed by atoms with E-state index in [0.29, 0.717) is 6.42 Å². The fourth-order valence-electron chi connectivity index (χ4n) is 2.39. The van der Waals surface area contributed by atoms with E-state index >= 15 is 0 Å². The average Bonchev–Trinajstić information content (AvgIpc) is 2.81. The van der Waals surface area contributed by atoms with Crippen LogP contribution in [-0.2, 0) is 4.79 Å². The van der Waals surface area contributed by atoms with Gasteiger partial charge in [0, 0.05) is 12.6 Å². The van der Waals surface area contributed by atoms with Crippen LogP contribution in [0.2, 0.25) is 0 Å². The van der Waals surface area contributed by atoms with Crippen molar-refractivity contribution in [2.24, 2.45) is 0 Å². The van der Waals surface area contributed by atoms with Crippen molar-refractivity contribution >= 4 is 17.6 Å². The van der Waals surface area contributed by atoms with Crippen LogP contribution in [0.1, 0.15) is 30.1 Å². The van der Waals surface area contributed by atoms with Crippen molar-refractivity contribution in [2.75, 3.05) is 6.54 Å². The summed E-state index contributed by atoms with van der Waals surface area (Å²) in [5.74, 6) is -1.99. The van der Waals surface area contributed by atoms with Crippen LogP contribution in [0.3, 0.4) is 0 Å². The third-order valence-corrected chi connectivity index (χ3v) is 3.68. The maximum atomic E-state index is 12.4. The summed E-state index contributed by atoms with van der Waals surface area (Å²) in [5, 5.41) is 20.0. The van der Waals surface area contributed by atoms with Gasteiger partial charge in [0.2, 0.25) is 0 Å². The number of likely N-dealkylation sites (tertiary alicyclic amines) is 1. The number of hydrogen-bond acceptors (Lipinski definition) is 5. The number of nitro groups is 1. The van der Waals surface area contributed by atoms with Gasteiger partial charge >= 0.3 is 5.97 Å². The molecule has 0 aliphatic carbocycles. The van der Waals surface area contributed by atoms with Gasteiger partial charge in [-0.2, -0.15) is 0 Å². The highest BCUT2D eigenvalue weighted by Crippen LogP contribution is 2.30. The number of aromatic amines is 1. The predicted octanol–water partition coefficient (Wildman–Crippen LogP) is 0.362. The molecule has 0 bridgehead atoms. The van der Waals surface area contributed by atoms with E-state index < -0.39 is 39.1 Å². The molecular formula is C12H13N3O6. The number of rotatable bonds is 3. The number of carboxylic acids is 1. The summed E-state index contributed by atoms with van der Waals surface area (Å²) in [6, 6.07) is 0.863. The molecule has 1 saturated heterocycles. The van der Waals surface area contributed by atoms with E-state index in [0.717, 1.165) is 17.2 Å². The van der Waals surface area contributed by atoms with E-state index in [1.807, 2.05) is 0 Å². The van der Waals surface area contributed by atoms with E-state index in [-0.39, 0.29) is 13.0 Å². The number of nitrogens with zero attached hydrogens (tertiary/aromatic N) is 2. The molecule has 0 saturated carbocycles. The molecule has 1 amide bonds. The van der Waals surface area contributed by atoms with Crippen molar-refractivity contribution in [1.82, 2.24) is 9.88 Å². The Labute approximate surface area is 118 Å². The second-order valence-corrected chi connectivity index (χ2v) is 5.00. The summed E-state index contributed by atoms with van der Waals surface area (Å²) in [5.41, 5.74) is -3.06. The minimum Gasteiger partial charge on any atom is -0.480 e. The smallest absolute Gasteiger partial charge is 0.329 e. The number of nitrogens with one attached hydrogen (secondary N) is 1. The fraction of sp³-hybridized carbons (Fsp3) is 0.417. The number of amides is 1. The van der Waals surface area contributed by atoms with Crippen LogP contribution in [0, 0.1) is 10.1 Å². The maximum absolute atomic E-state index is 12.4. The normalized spacial score (nSPS) is 21.3. The van der Waals surface area contributed by atoms with E-state index in [4.69, 9.17) is 0 Å². The van der Waals surface area contributed by atoms with Gasteiger partial charge in [0.05, 0.1) is 11.1 Å². The van der Waals surface area contributed by atoms with Gasteiger partial charge in [0.25, 0.3) is 17.2 Å². The molecule has 1 aliphatic heterocycles. The molecule has 9 nitrogen and oxygen atoms in total. The van der Waals surface area contributed by atoms with E-state index in [1.165, 1.54) is 6.92 Å². The first kappa shape index (κ1) is 14.7. The van der Waals surface area contributed by atoms with Crippen LogP contribution in [0.15, 0.2) is 17.1 Å². The largest absolute Gasteiger partial charge is 0.480 e. The number of aliphatic carboxylic acids is 1. The molecule has 0 spiro atoms. The first-order valence-corrected chi connectivity index (χ1v) is 6.20. The molecule has 0 aromatic carbocycles. The number of carbonyl (C=O) groups excluding carboxylic acids is 1. The number of hydrogen-bond donors (Lipinski definition) is 2. The summed E-state index contributed by atoms with van der Waals surface area (Å²) in [7, 11) is 0. The Balaban J connectivity index is 2.45. The molecular weight excluding hydrogens is 282 g/mol. The fourth-order valence-corrected chi connectivity index (χ4v) is 2.39. The molecule has 2 N–H and O–H groups in total. The third kappa shape index (κ3) is 2.37. The molecule has 0 radical (unpaired) electrons. The van der Waals surface area contributed by atoms with Gasteiger partial charge in [-0.05, 0) is 19.8 Å². The molecule has 1 fully saturated rings. The minimum atomic E-state index is -1.41. The number of carboxylic acid groups (broad SMARTS) is 1. The molecule has 1 aromatic heterocycles. The number of pyridine rings is 1. The highest BCUT2D eigenvalue weighted by Gasteiger charge is 2.46. The summed E-state index contributed by atoms with van der Waals surface area (Å²) >= 11 is 0. The quantitative estimate of drug-likeness (QED) is 0.611. The second kappa shape index (κ2) is 5.00. The first-order chi connectivity index (χ1) is 9.77. The van der Waals surface area contributed by atoms with Crippen molar-refractivity contribution in [1.29, 1.82) is 0 Å². The van der Waals surface area contributed by atoms with E-state index in [9.17, 15) is 29.6 Å². The molecule has 1 aromatic rings. The second-order valence-electron chi connectivity index (χ2n) is 5.00. The summed E-state index contributed by atoms with van der Waals surface area (Å²) in [6.07, 6.45) is 1.64. The first-order valence-electron chi connectivity index (χ1n) is 6.20. The van der Waals surface area contributed by atoms with Crippen LogP contribution >= 0.6 is 0 Å². The van der Waals surface area contributed by atoms with Crippen molar-refractivity contribution in [2.45, 2.75) is 25.3 Å². The SMILES string of the molecule is CC1(C(=O)O)CCCN1C(=O)c1cc([N+](=O)[O-])c[nH]c1=O. The Hall–Kier alpha value is -2.71. The maximum Gasteiger partial charge on any atom is 0.329 e. The summed E-state index contributed by atoms with van der Waals surface area (Å²) in [6.45, 7) is 1.58. The van der Waals surface area contributed by atoms with Crippen LogP contribution in [0.5, 0.6) is 0 Å². The zero-order chi connectivity index (χ0) is 15.8. The Kier molecular flexibility index (Phi) is 3.50. The molecule has 1 atom stereocenters. The molecule has 1 unspecified atom stereocenters. The minimum absolute atomic E-state index is 0.184. The van der Waals surface area contributed by atoms with Gasteiger partial charge in [-0.1, -0.05) is 0 Å². The standard InChI is InChI=1S/C12H13N3O6/c1-12(11(18)19)3-2-4-14(12)10(17)8-5-7(15(20)21)6-13-9(8)16/h5-6H,2-4H2,1H3,(H,13,16)(H,18,19). The molecule has 1 aliphatic rings. The highest BCUT2D eigenvalue weighted by atomic mass is 16.6. The molecule has 112 valence electrons. The van der Waals surface area contributed by atoms with Gasteiger partial charge in [-0.15, -0.1) is 0 Å². The Bertz CT molecular complexity index is 682. The lowest BCUT2D eigenvalue weighted by atomic mass is 9.98. The van der Waals surface area contributed by atoms with Crippen molar-refractivity contribution in [3.05, 3.63) is 38.3 Å². The topological polar surface area (TPSA) is 134 Å². The van der Waals surface area contributed by atoms with Crippen molar-refractivity contribution < 1.29 is 19.6 Å². The van der Waals surface area contributed by atoms with Crippen LogP contribution < -0.4 is 5.56 Å². The Morgan fingerprint density at radius 3 is 2.76 bits per heavy atom. The Morgan fingerprint density at radius 1 is 1.52 bits per heavy atom. The van der Waals surface area contributed by atoms with Gasteiger partial charge in [-0.3, -0.25) is 19.7 Å².